The number of nitrogens with zero attached hydrogens (tertiary/aromatic N) is 2. The number of sulfone groups is 1. The van der Waals surface area contributed by atoms with E-state index >= 15 is 0 Å². The number of nitrogens with one attached hydrogen (secondary N) is 1. The molecule has 180 valence electrons. The van der Waals surface area contributed by atoms with Gasteiger partial charge in [0.15, 0.2) is 20.3 Å². The lowest BCUT2D eigenvalue weighted by atomic mass is 9.96. The molecule has 3 rings (SSSR count). The van der Waals surface area contributed by atoms with Gasteiger partial charge in [-0.15, -0.1) is 0 Å². The van der Waals surface area contributed by atoms with E-state index in [4.69, 9.17) is 9.47 Å². The van der Waals surface area contributed by atoms with Crippen molar-refractivity contribution in [2.75, 3.05) is 14.2 Å². The Labute approximate surface area is 192 Å². The van der Waals surface area contributed by atoms with E-state index in [9.17, 15) is 38.2 Å². The Bertz CT molecular complexity index is 1140. The lowest BCUT2D eigenvalue weighted by Gasteiger charge is -2.40. The quantitative estimate of drug-likeness (QED) is 0.348. The summed E-state index contributed by atoms with van der Waals surface area (Å²) in [6.07, 6.45) is 0. The first-order valence-corrected chi connectivity index (χ1v) is 11.3. The molecule has 0 aromatic heterocycles. The SMILES string of the molecule is COC(=O)[C@H]1[C@@H](c2ccc([N+](=O)[O-])cc2)N[C@@H](c2ccc([N+](=O)[O-])cc2)[C@H](C(=O)OC)S1(=O)=O. The standard InChI is InChI=1S/C20H19N3O10S/c1-32-19(24)17-15(11-3-7-13(8-4-11)22(26)27)21-16(18(20(25)33-2)34(17,30)31)12-5-9-14(10-6-12)23(28)29/h3-10,15-18,21H,1-2H3/t15-,16+,17-,18-/m1/s1. The fraction of sp³-hybridized carbons (Fsp3) is 0.300. The molecule has 13 nitrogen and oxygen atoms in total. The van der Waals surface area contributed by atoms with Gasteiger partial charge in [-0.1, -0.05) is 24.3 Å². The second-order valence-corrected chi connectivity index (χ2v) is 9.49. The number of carbonyl (C=O) groups excluding carboxylic acids is 2. The zero-order valence-corrected chi connectivity index (χ0v) is 18.6. The van der Waals surface area contributed by atoms with E-state index in [1.807, 2.05) is 0 Å². The van der Waals surface area contributed by atoms with Crippen LogP contribution in [0.1, 0.15) is 23.2 Å². The van der Waals surface area contributed by atoms with Crippen LogP contribution in [0, 0.1) is 20.2 Å². The fourth-order valence-electron chi connectivity index (χ4n) is 3.83. The van der Waals surface area contributed by atoms with Crippen LogP contribution < -0.4 is 5.32 Å². The third-order valence-corrected chi connectivity index (χ3v) is 7.81. The van der Waals surface area contributed by atoms with Crippen molar-refractivity contribution in [3.05, 3.63) is 79.9 Å². The summed E-state index contributed by atoms with van der Waals surface area (Å²) >= 11 is 0. The maximum absolute atomic E-state index is 13.6. The van der Waals surface area contributed by atoms with Crippen molar-refractivity contribution in [1.29, 1.82) is 0 Å². The maximum Gasteiger partial charge on any atom is 0.326 e. The summed E-state index contributed by atoms with van der Waals surface area (Å²) in [6.45, 7) is 0. The van der Waals surface area contributed by atoms with Gasteiger partial charge in [-0.2, -0.15) is 0 Å². The van der Waals surface area contributed by atoms with Crippen LogP contribution in [0.4, 0.5) is 11.4 Å². The number of rotatable bonds is 6. The number of nitro benzene ring substituents is 2. The van der Waals surface area contributed by atoms with Gasteiger partial charge in [-0.25, -0.2) is 8.42 Å². The molecule has 1 saturated heterocycles. The molecule has 1 aliphatic rings. The molecule has 1 fully saturated rings. The molecule has 4 atom stereocenters. The van der Waals surface area contributed by atoms with Gasteiger partial charge < -0.3 is 9.47 Å². The minimum Gasteiger partial charge on any atom is -0.468 e. The largest absolute Gasteiger partial charge is 0.468 e. The lowest BCUT2D eigenvalue weighted by molar-refractivity contribution is -0.385. The van der Waals surface area contributed by atoms with E-state index in [1.54, 1.807) is 0 Å². The smallest absolute Gasteiger partial charge is 0.326 e. The monoisotopic (exact) mass is 493 g/mol. The van der Waals surface area contributed by atoms with Crippen LogP contribution in [-0.4, -0.2) is 54.9 Å². The number of carbonyl (C=O) groups is 2. The zero-order chi connectivity index (χ0) is 25.2. The zero-order valence-electron chi connectivity index (χ0n) is 17.8. The number of non-ortho nitro benzene ring substituents is 2. The van der Waals surface area contributed by atoms with Gasteiger partial charge in [0.2, 0.25) is 0 Å². The van der Waals surface area contributed by atoms with Gasteiger partial charge >= 0.3 is 11.9 Å². The van der Waals surface area contributed by atoms with Crippen LogP contribution in [0.5, 0.6) is 0 Å². The second-order valence-electron chi connectivity index (χ2n) is 7.30. The number of hydrogen-bond donors (Lipinski definition) is 1. The highest BCUT2D eigenvalue weighted by atomic mass is 32.2. The Hall–Kier alpha value is -3.91. The van der Waals surface area contributed by atoms with Crippen molar-refractivity contribution >= 4 is 33.2 Å². The molecule has 2 aromatic rings. The highest BCUT2D eigenvalue weighted by Gasteiger charge is 2.56. The van der Waals surface area contributed by atoms with Crippen molar-refractivity contribution < 1.29 is 37.3 Å². The minimum absolute atomic E-state index is 0.208. The molecule has 0 saturated carbocycles. The minimum atomic E-state index is -4.61. The predicted octanol–water partition coefficient (Wildman–Crippen LogP) is 1.39. The number of esters is 2. The third-order valence-electron chi connectivity index (χ3n) is 5.47. The molecule has 34 heavy (non-hydrogen) atoms. The summed E-state index contributed by atoms with van der Waals surface area (Å²) in [6, 6.07) is 7.18. The summed E-state index contributed by atoms with van der Waals surface area (Å²) in [4.78, 5) is 45.9. The van der Waals surface area contributed by atoms with E-state index in [1.165, 1.54) is 24.3 Å². The summed E-state index contributed by atoms with van der Waals surface area (Å²) < 4.78 is 36.5. The highest BCUT2D eigenvalue weighted by molar-refractivity contribution is 7.94. The first-order chi connectivity index (χ1) is 16.0. The molecule has 1 heterocycles. The summed E-state index contributed by atoms with van der Waals surface area (Å²) in [5, 5.41) is 21.2. The van der Waals surface area contributed by atoms with Crippen LogP contribution in [0.15, 0.2) is 48.5 Å². The molecule has 2 aromatic carbocycles. The number of hydrogen-bond acceptors (Lipinski definition) is 11. The molecule has 0 unspecified atom stereocenters. The van der Waals surface area contributed by atoms with Gasteiger partial charge in [-0.3, -0.25) is 35.1 Å². The molecule has 1 N–H and O–H groups in total. The van der Waals surface area contributed by atoms with Crippen molar-refractivity contribution in [2.45, 2.75) is 22.6 Å². The fourth-order valence-corrected chi connectivity index (χ4v) is 6.10. The molecule has 1 aliphatic heterocycles. The average molecular weight is 493 g/mol. The number of ether oxygens (including phenoxy) is 2. The van der Waals surface area contributed by atoms with Gasteiger partial charge in [0.25, 0.3) is 11.4 Å². The highest BCUT2D eigenvalue weighted by Crippen LogP contribution is 2.39. The lowest BCUT2D eigenvalue weighted by Crippen LogP contribution is -2.59. The molecule has 0 spiro atoms. The Morgan fingerprint density at radius 3 is 1.35 bits per heavy atom. The molecule has 14 heteroatoms. The van der Waals surface area contributed by atoms with E-state index < -0.39 is 54.2 Å². The maximum atomic E-state index is 13.6. The molecule has 0 bridgehead atoms. The van der Waals surface area contributed by atoms with Crippen molar-refractivity contribution in [3.8, 4) is 0 Å². The second kappa shape index (κ2) is 9.52. The predicted molar refractivity (Wildman–Crippen MR) is 115 cm³/mol. The Morgan fingerprint density at radius 1 is 0.765 bits per heavy atom. The van der Waals surface area contributed by atoms with Crippen LogP contribution >= 0.6 is 0 Å². The first kappa shape index (κ1) is 24.7. The molecule has 0 amide bonds. The van der Waals surface area contributed by atoms with E-state index in [0.29, 0.717) is 0 Å². The number of methoxy groups -OCH3 is 2. The van der Waals surface area contributed by atoms with E-state index in [0.717, 1.165) is 38.5 Å². The van der Waals surface area contributed by atoms with Crippen LogP contribution in [0.3, 0.4) is 0 Å². The topological polar surface area (TPSA) is 185 Å². The normalized spacial score (nSPS) is 23.5. The first-order valence-electron chi connectivity index (χ1n) is 9.66. The van der Waals surface area contributed by atoms with Crippen LogP contribution in [0.25, 0.3) is 0 Å². The Balaban J connectivity index is 2.18. The van der Waals surface area contributed by atoms with E-state index in [-0.39, 0.29) is 22.5 Å². The summed E-state index contributed by atoms with van der Waals surface area (Å²) in [5.74, 6) is -2.29. The summed E-state index contributed by atoms with van der Waals surface area (Å²) in [5.41, 5.74) is -0.0904. The summed E-state index contributed by atoms with van der Waals surface area (Å²) in [7, 11) is -2.64. The Morgan fingerprint density at radius 2 is 1.09 bits per heavy atom. The van der Waals surface area contributed by atoms with Crippen LogP contribution in [0.2, 0.25) is 0 Å². The van der Waals surface area contributed by atoms with Crippen molar-refractivity contribution in [1.82, 2.24) is 5.32 Å². The van der Waals surface area contributed by atoms with Crippen molar-refractivity contribution in [3.63, 3.8) is 0 Å². The van der Waals surface area contributed by atoms with Crippen molar-refractivity contribution in [2.24, 2.45) is 0 Å². The number of benzene rings is 2. The van der Waals surface area contributed by atoms with E-state index in [2.05, 4.69) is 5.32 Å². The average Bonchev–Trinajstić information content (AvgIpc) is 2.82. The Kier molecular flexibility index (Phi) is 6.93. The molecule has 0 aliphatic carbocycles. The molecular formula is C20H19N3O10S. The number of nitro groups is 2. The third kappa shape index (κ3) is 4.45. The van der Waals surface area contributed by atoms with Crippen LogP contribution in [-0.2, 0) is 28.9 Å². The molecule has 0 radical (unpaired) electrons. The van der Waals surface area contributed by atoms with Gasteiger partial charge in [0.05, 0.1) is 36.1 Å². The van der Waals surface area contributed by atoms with Gasteiger partial charge in [0.1, 0.15) is 0 Å². The van der Waals surface area contributed by atoms with Gasteiger partial charge in [0, 0.05) is 24.3 Å². The molecular weight excluding hydrogens is 474 g/mol. The van der Waals surface area contributed by atoms with Gasteiger partial charge in [-0.05, 0) is 11.1 Å².